The van der Waals surface area contributed by atoms with E-state index >= 15 is 0 Å². The third-order valence-corrected chi connectivity index (χ3v) is 5.17. The summed E-state index contributed by atoms with van der Waals surface area (Å²) in [5.41, 5.74) is 1.01. The molecule has 10 nitrogen and oxygen atoms in total. The van der Waals surface area contributed by atoms with E-state index in [1.54, 1.807) is 56.3 Å². The first-order chi connectivity index (χ1) is 15.9. The number of fused-ring (bicyclic) bond motifs is 1. The molecule has 4 heterocycles. The van der Waals surface area contributed by atoms with Crippen molar-refractivity contribution in [1.29, 1.82) is 0 Å². The number of anilines is 1. The van der Waals surface area contributed by atoms with E-state index in [2.05, 4.69) is 20.4 Å². The molecule has 164 valence electrons. The molecule has 0 aliphatic rings. The van der Waals surface area contributed by atoms with Gasteiger partial charge < -0.3 is 14.2 Å². The van der Waals surface area contributed by atoms with E-state index in [9.17, 15) is 14.4 Å². The van der Waals surface area contributed by atoms with Crippen LogP contribution in [0.5, 0.6) is 0 Å². The number of nitrogens with one attached hydrogen (secondary N) is 2. The SMILES string of the molecule is Cc1nc(-n2nc(-c3ccco3)cc2NC(=O)c2cc(=O)c3ccccc3o2)[nH]c(=O)c1C. The molecule has 4 aromatic heterocycles. The van der Waals surface area contributed by atoms with Gasteiger partial charge >= 0.3 is 0 Å². The highest BCUT2D eigenvalue weighted by Gasteiger charge is 2.20. The average molecular weight is 443 g/mol. The Hall–Kier alpha value is -4.73. The van der Waals surface area contributed by atoms with Crippen molar-refractivity contribution in [2.24, 2.45) is 0 Å². The minimum Gasteiger partial charge on any atom is -0.463 e. The topological polar surface area (TPSA) is 136 Å². The molecule has 0 bridgehead atoms. The van der Waals surface area contributed by atoms with E-state index in [1.165, 1.54) is 10.9 Å². The molecule has 0 unspecified atom stereocenters. The second kappa shape index (κ2) is 7.75. The molecular weight excluding hydrogens is 426 g/mol. The van der Waals surface area contributed by atoms with Crippen molar-refractivity contribution in [2.45, 2.75) is 13.8 Å². The third-order valence-electron chi connectivity index (χ3n) is 5.17. The first-order valence-electron chi connectivity index (χ1n) is 9.97. The zero-order valence-electron chi connectivity index (χ0n) is 17.6. The summed E-state index contributed by atoms with van der Waals surface area (Å²) in [7, 11) is 0. The van der Waals surface area contributed by atoms with Gasteiger partial charge in [-0.25, -0.2) is 4.98 Å². The Morgan fingerprint density at radius 1 is 1.09 bits per heavy atom. The molecule has 0 spiro atoms. The van der Waals surface area contributed by atoms with Crippen LogP contribution >= 0.6 is 0 Å². The van der Waals surface area contributed by atoms with Gasteiger partial charge in [0, 0.05) is 23.4 Å². The third kappa shape index (κ3) is 3.63. The summed E-state index contributed by atoms with van der Waals surface area (Å²) >= 11 is 0. The largest absolute Gasteiger partial charge is 0.463 e. The number of aromatic nitrogens is 4. The van der Waals surface area contributed by atoms with Gasteiger partial charge in [0.15, 0.2) is 16.9 Å². The van der Waals surface area contributed by atoms with Crippen molar-refractivity contribution in [3.63, 3.8) is 0 Å². The van der Waals surface area contributed by atoms with Crippen molar-refractivity contribution in [3.8, 4) is 17.4 Å². The quantitative estimate of drug-likeness (QED) is 0.435. The van der Waals surface area contributed by atoms with Gasteiger partial charge in [-0.05, 0) is 38.1 Å². The Balaban J connectivity index is 1.60. The summed E-state index contributed by atoms with van der Waals surface area (Å²) in [6.45, 7) is 3.36. The van der Waals surface area contributed by atoms with Crippen LogP contribution in [0.1, 0.15) is 21.8 Å². The van der Waals surface area contributed by atoms with Crippen LogP contribution < -0.4 is 16.3 Å². The minimum atomic E-state index is -0.670. The molecular formula is C23H17N5O5. The van der Waals surface area contributed by atoms with E-state index in [-0.39, 0.29) is 28.5 Å². The van der Waals surface area contributed by atoms with Crippen LogP contribution in [0.4, 0.5) is 5.82 Å². The van der Waals surface area contributed by atoms with Crippen LogP contribution in [-0.4, -0.2) is 25.7 Å². The lowest BCUT2D eigenvalue weighted by Crippen LogP contribution is -2.21. The summed E-state index contributed by atoms with van der Waals surface area (Å²) in [6, 6.07) is 12.7. The summed E-state index contributed by atoms with van der Waals surface area (Å²) in [4.78, 5) is 44.7. The highest BCUT2D eigenvalue weighted by molar-refractivity contribution is 6.02. The van der Waals surface area contributed by atoms with E-state index in [0.717, 1.165) is 6.07 Å². The summed E-state index contributed by atoms with van der Waals surface area (Å²) in [6.07, 6.45) is 1.49. The molecule has 10 heteroatoms. The molecule has 0 fully saturated rings. The Morgan fingerprint density at radius 2 is 1.91 bits per heavy atom. The fraction of sp³-hybridized carbons (Fsp3) is 0.0870. The summed E-state index contributed by atoms with van der Waals surface area (Å²) in [5, 5.41) is 7.48. The van der Waals surface area contributed by atoms with Gasteiger partial charge in [0.25, 0.3) is 11.5 Å². The van der Waals surface area contributed by atoms with Gasteiger partial charge in [0.2, 0.25) is 5.95 Å². The van der Waals surface area contributed by atoms with Crippen LogP contribution in [0.3, 0.4) is 0 Å². The second-order valence-corrected chi connectivity index (χ2v) is 7.33. The molecule has 5 aromatic rings. The summed E-state index contributed by atoms with van der Waals surface area (Å²) in [5.74, 6) is -0.0961. The molecule has 5 rings (SSSR count). The number of rotatable bonds is 4. The minimum absolute atomic E-state index is 0.108. The number of furan rings is 1. The average Bonchev–Trinajstić information content (AvgIpc) is 3.47. The molecule has 1 amide bonds. The molecule has 0 saturated heterocycles. The van der Waals surface area contributed by atoms with E-state index < -0.39 is 5.91 Å². The Bertz CT molecular complexity index is 1630. The standard InChI is InChI=1S/C23H17N5O5/c1-12-13(2)24-23(26-21(12)30)28-20(10-15(27-28)18-8-5-9-32-18)25-22(31)19-11-16(29)14-6-3-4-7-17(14)33-19/h3-11H,1-2H3,(H,25,31)(H,24,26,30). The lowest BCUT2D eigenvalue weighted by atomic mass is 10.2. The number of carbonyl (C=O) groups is 1. The number of hydrogen-bond donors (Lipinski definition) is 2. The number of aryl methyl sites for hydroxylation is 1. The Morgan fingerprint density at radius 3 is 2.67 bits per heavy atom. The van der Waals surface area contributed by atoms with Crippen molar-refractivity contribution in [1.82, 2.24) is 19.7 Å². The van der Waals surface area contributed by atoms with Crippen LogP contribution in [0.15, 0.2) is 73.2 Å². The highest BCUT2D eigenvalue weighted by atomic mass is 16.3. The molecule has 0 radical (unpaired) electrons. The fourth-order valence-corrected chi connectivity index (χ4v) is 3.30. The van der Waals surface area contributed by atoms with Gasteiger partial charge in [0.1, 0.15) is 17.1 Å². The van der Waals surface area contributed by atoms with Crippen LogP contribution in [0.25, 0.3) is 28.4 Å². The van der Waals surface area contributed by atoms with Gasteiger partial charge in [0.05, 0.1) is 11.6 Å². The van der Waals surface area contributed by atoms with Crippen molar-refractivity contribution < 1.29 is 13.6 Å². The zero-order chi connectivity index (χ0) is 23.1. The second-order valence-electron chi connectivity index (χ2n) is 7.33. The normalized spacial score (nSPS) is 11.1. The van der Waals surface area contributed by atoms with Crippen molar-refractivity contribution >= 4 is 22.7 Å². The number of amides is 1. The van der Waals surface area contributed by atoms with E-state index in [1.807, 2.05) is 0 Å². The van der Waals surface area contributed by atoms with Crippen LogP contribution in [0, 0.1) is 13.8 Å². The van der Waals surface area contributed by atoms with Crippen LogP contribution in [0.2, 0.25) is 0 Å². The predicted octanol–water partition coefficient (Wildman–Crippen LogP) is 3.19. The number of aromatic amines is 1. The lowest BCUT2D eigenvalue weighted by molar-refractivity contribution is 0.0996. The highest BCUT2D eigenvalue weighted by Crippen LogP contribution is 2.24. The van der Waals surface area contributed by atoms with Gasteiger partial charge in [-0.2, -0.15) is 9.78 Å². The number of hydrogen-bond acceptors (Lipinski definition) is 7. The van der Waals surface area contributed by atoms with Crippen LogP contribution in [-0.2, 0) is 0 Å². The monoisotopic (exact) mass is 443 g/mol. The molecule has 0 aliphatic heterocycles. The lowest BCUT2D eigenvalue weighted by Gasteiger charge is -2.09. The zero-order valence-corrected chi connectivity index (χ0v) is 17.6. The fourth-order valence-electron chi connectivity index (χ4n) is 3.30. The molecule has 0 atom stereocenters. The molecule has 0 aliphatic carbocycles. The number of carbonyl (C=O) groups excluding carboxylic acids is 1. The summed E-state index contributed by atoms with van der Waals surface area (Å²) < 4.78 is 12.3. The number of benzene rings is 1. The first kappa shape index (κ1) is 20.2. The molecule has 1 aromatic carbocycles. The van der Waals surface area contributed by atoms with E-state index in [0.29, 0.717) is 33.7 Å². The van der Waals surface area contributed by atoms with Gasteiger partial charge in [-0.3, -0.25) is 19.4 Å². The Kier molecular flexibility index (Phi) is 4.74. The van der Waals surface area contributed by atoms with Crippen molar-refractivity contribution in [3.05, 3.63) is 92.4 Å². The predicted molar refractivity (Wildman–Crippen MR) is 120 cm³/mol. The maximum absolute atomic E-state index is 13.0. The number of para-hydroxylation sites is 1. The van der Waals surface area contributed by atoms with Gasteiger partial charge in [-0.1, -0.05) is 12.1 Å². The first-order valence-corrected chi connectivity index (χ1v) is 9.97. The number of nitrogens with zero attached hydrogens (tertiary/aromatic N) is 3. The van der Waals surface area contributed by atoms with Gasteiger partial charge in [-0.15, -0.1) is 0 Å². The maximum Gasteiger partial charge on any atom is 0.292 e. The number of H-pyrrole nitrogens is 1. The van der Waals surface area contributed by atoms with E-state index in [4.69, 9.17) is 8.83 Å². The smallest absolute Gasteiger partial charge is 0.292 e. The molecule has 33 heavy (non-hydrogen) atoms. The van der Waals surface area contributed by atoms with Crippen molar-refractivity contribution in [2.75, 3.05) is 5.32 Å². The Labute approximate surface area is 185 Å². The molecule has 2 N–H and O–H groups in total. The maximum atomic E-state index is 13.0. The molecule has 0 saturated carbocycles.